The van der Waals surface area contributed by atoms with Crippen molar-refractivity contribution in [1.82, 2.24) is 9.88 Å². The lowest BCUT2D eigenvalue weighted by Gasteiger charge is -2.14. The molecule has 0 unspecified atom stereocenters. The molecule has 0 saturated carbocycles. The van der Waals surface area contributed by atoms with Gasteiger partial charge < -0.3 is 4.57 Å². The van der Waals surface area contributed by atoms with Gasteiger partial charge in [-0.3, -0.25) is 14.9 Å². The average Bonchev–Trinajstić information content (AvgIpc) is 3.14. The number of para-hydroxylation sites is 1. The van der Waals surface area contributed by atoms with Gasteiger partial charge in [-0.2, -0.15) is 0 Å². The molecule has 2 aromatic carbocycles. The van der Waals surface area contributed by atoms with Gasteiger partial charge in [-0.15, -0.1) is 0 Å². The van der Waals surface area contributed by atoms with Crippen LogP contribution in [-0.2, 0) is 22.6 Å². The molecule has 0 bridgehead atoms. The van der Waals surface area contributed by atoms with E-state index in [-0.39, 0.29) is 16.2 Å². The first-order chi connectivity index (χ1) is 13.0. The zero-order valence-corrected chi connectivity index (χ0v) is 14.9. The van der Waals surface area contributed by atoms with Gasteiger partial charge in [0, 0.05) is 29.3 Å². The largest absolute Gasteiger partial charge is 0.347 e. The average molecular weight is 381 g/mol. The fourth-order valence-corrected chi connectivity index (χ4v) is 4.38. The third-order valence-electron chi connectivity index (χ3n) is 5.23. The Kier molecular flexibility index (Phi) is 3.49. The summed E-state index contributed by atoms with van der Waals surface area (Å²) in [4.78, 5) is 25.2. The van der Waals surface area contributed by atoms with Crippen LogP contribution in [0.2, 0.25) is 5.02 Å². The third kappa shape index (κ3) is 2.35. The smallest absolute Gasteiger partial charge is 0.259 e. The number of carbonyl (C=O) groups excluding carboxylic acids is 2. The molecule has 0 radical (unpaired) electrons. The predicted octanol–water partition coefficient (Wildman–Crippen LogP) is 3.95. The second-order valence-corrected chi connectivity index (χ2v) is 7.22. The van der Waals surface area contributed by atoms with Gasteiger partial charge in [0.2, 0.25) is 0 Å². The highest BCUT2D eigenvalue weighted by Crippen LogP contribution is 2.39. The van der Waals surface area contributed by atoms with Crippen LogP contribution in [0.5, 0.6) is 0 Å². The maximum atomic E-state index is 13.5. The summed E-state index contributed by atoms with van der Waals surface area (Å²) in [5.41, 5.74) is 3.86. The van der Waals surface area contributed by atoms with Gasteiger partial charge in [0.1, 0.15) is 5.82 Å². The summed E-state index contributed by atoms with van der Waals surface area (Å²) < 4.78 is 15.6. The highest BCUT2D eigenvalue weighted by molar-refractivity contribution is 6.51. The number of hydrogen-bond donors (Lipinski definition) is 1. The van der Waals surface area contributed by atoms with Crippen molar-refractivity contribution in [2.45, 2.75) is 19.4 Å². The molecule has 3 aromatic rings. The lowest BCUT2D eigenvalue weighted by Crippen LogP contribution is -2.22. The molecule has 134 valence electrons. The second kappa shape index (κ2) is 5.79. The molecule has 6 heteroatoms. The van der Waals surface area contributed by atoms with E-state index in [1.54, 1.807) is 0 Å². The highest BCUT2D eigenvalue weighted by Gasteiger charge is 2.35. The Morgan fingerprint density at radius 1 is 1.04 bits per heavy atom. The van der Waals surface area contributed by atoms with E-state index in [0.29, 0.717) is 11.1 Å². The van der Waals surface area contributed by atoms with E-state index in [1.807, 2.05) is 18.3 Å². The van der Waals surface area contributed by atoms with Gasteiger partial charge >= 0.3 is 0 Å². The van der Waals surface area contributed by atoms with Gasteiger partial charge in [-0.25, -0.2) is 4.39 Å². The molecule has 0 aliphatic carbocycles. The van der Waals surface area contributed by atoms with Crippen LogP contribution in [0, 0.1) is 5.82 Å². The Balaban J connectivity index is 1.83. The van der Waals surface area contributed by atoms with Crippen LogP contribution in [0.3, 0.4) is 0 Å². The predicted molar refractivity (Wildman–Crippen MR) is 102 cm³/mol. The topological polar surface area (TPSA) is 51.1 Å². The summed E-state index contributed by atoms with van der Waals surface area (Å²) in [6, 6.07) is 9.84. The maximum Gasteiger partial charge on any atom is 0.259 e. The Labute approximate surface area is 159 Å². The van der Waals surface area contributed by atoms with Gasteiger partial charge in [0.05, 0.1) is 21.7 Å². The van der Waals surface area contributed by atoms with Crippen molar-refractivity contribution in [3.63, 3.8) is 0 Å². The molecule has 3 heterocycles. The molecule has 5 rings (SSSR count). The number of aromatic nitrogens is 1. The van der Waals surface area contributed by atoms with E-state index < -0.39 is 17.6 Å². The number of carbonyl (C=O) groups is 2. The Morgan fingerprint density at radius 2 is 1.81 bits per heavy atom. The number of nitrogens with one attached hydrogen (secondary N) is 1. The quantitative estimate of drug-likeness (QED) is 0.684. The summed E-state index contributed by atoms with van der Waals surface area (Å²) in [6.45, 7) is 0.864. The molecule has 1 N–H and O–H groups in total. The van der Waals surface area contributed by atoms with Crippen LogP contribution in [-0.4, -0.2) is 16.4 Å². The first-order valence-electron chi connectivity index (χ1n) is 8.71. The summed E-state index contributed by atoms with van der Waals surface area (Å²) in [7, 11) is 0. The zero-order chi connectivity index (χ0) is 18.7. The summed E-state index contributed by atoms with van der Waals surface area (Å²) in [5.74, 6) is -1.47. The molecular weight excluding hydrogens is 367 g/mol. The molecule has 2 aliphatic rings. The lowest BCUT2D eigenvalue weighted by molar-refractivity contribution is -0.122. The molecular formula is C21H14ClFN2O2. The van der Waals surface area contributed by atoms with E-state index in [9.17, 15) is 14.0 Å². The number of amides is 2. The number of nitrogens with zero attached hydrogens (tertiary/aromatic N) is 1. The van der Waals surface area contributed by atoms with Crippen molar-refractivity contribution in [1.29, 1.82) is 0 Å². The minimum Gasteiger partial charge on any atom is -0.347 e. The molecule has 0 atom stereocenters. The molecule has 1 aromatic heterocycles. The van der Waals surface area contributed by atoms with E-state index in [0.717, 1.165) is 36.4 Å². The molecule has 4 nitrogen and oxygen atoms in total. The van der Waals surface area contributed by atoms with Crippen molar-refractivity contribution in [2.24, 2.45) is 0 Å². The zero-order valence-electron chi connectivity index (χ0n) is 14.2. The van der Waals surface area contributed by atoms with Gasteiger partial charge in [-0.1, -0.05) is 29.8 Å². The highest BCUT2D eigenvalue weighted by atomic mass is 35.5. The third-order valence-corrected chi connectivity index (χ3v) is 5.54. The summed E-state index contributed by atoms with van der Waals surface area (Å²) in [5, 5.41) is 3.40. The molecule has 0 saturated heterocycles. The first-order valence-corrected chi connectivity index (χ1v) is 9.09. The number of aryl methyl sites for hydroxylation is 2. The number of imide groups is 1. The molecule has 2 amide bonds. The van der Waals surface area contributed by atoms with E-state index in [4.69, 9.17) is 11.6 Å². The van der Waals surface area contributed by atoms with Crippen molar-refractivity contribution < 1.29 is 14.0 Å². The van der Waals surface area contributed by atoms with Crippen LogP contribution in [0.25, 0.3) is 22.0 Å². The maximum absolute atomic E-state index is 13.5. The van der Waals surface area contributed by atoms with Crippen LogP contribution >= 0.6 is 11.6 Å². The Bertz CT molecular complexity index is 1190. The number of benzene rings is 2. The van der Waals surface area contributed by atoms with E-state index in [1.165, 1.54) is 17.7 Å². The van der Waals surface area contributed by atoms with Crippen LogP contribution in [0.1, 0.15) is 23.1 Å². The van der Waals surface area contributed by atoms with Gasteiger partial charge in [0.25, 0.3) is 11.8 Å². The Morgan fingerprint density at radius 3 is 2.59 bits per heavy atom. The van der Waals surface area contributed by atoms with Crippen molar-refractivity contribution in [2.75, 3.05) is 0 Å². The number of halogens is 2. The van der Waals surface area contributed by atoms with Crippen molar-refractivity contribution in [3.05, 3.63) is 70.1 Å². The van der Waals surface area contributed by atoms with Crippen molar-refractivity contribution >= 4 is 45.5 Å². The fourth-order valence-electron chi connectivity index (χ4n) is 4.12. The molecule has 27 heavy (non-hydrogen) atoms. The van der Waals surface area contributed by atoms with Crippen LogP contribution < -0.4 is 5.32 Å². The fraction of sp³-hybridized carbons (Fsp3) is 0.143. The molecule has 0 spiro atoms. The van der Waals surface area contributed by atoms with E-state index >= 15 is 0 Å². The summed E-state index contributed by atoms with van der Waals surface area (Å²) >= 11 is 6.19. The first kappa shape index (κ1) is 16.3. The molecule has 0 fully saturated rings. The monoisotopic (exact) mass is 380 g/mol. The standard InChI is InChI=1S/C21H14ClFN2O2/c22-16-9-12(23)6-7-14(16)17-18(21(27)24-20(17)26)15-10-25-8-2-4-11-3-1-5-13(15)19(11)25/h1,3,5-7,9-10H,2,4,8H2,(H,24,26,27). The Hall–Kier alpha value is -2.92. The number of rotatable bonds is 2. The summed E-state index contributed by atoms with van der Waals surface area (Å²) in [6.07, 6.45) is 3.95. The van der Waals surface area contributed by atoms with Crippen LogP contribution in [0.4, 0.5) is 4.39 Å². The lowest BCUT2D eigenvalue weighted by atomic mass is 9.95. The van der Waals surface area contributed by atoms with Crippen molar-refractivity contribution in [3.8, 4) is 0 Å². The minimum atomic E-state index is -0.518. The number of hydrogen-bond acceptors (Lipinski definition) is 2. The van der Waals surface area contributed by atoms with Gasteiger partial charge in [-0.05, 0) is 36.6 Å². The minimum absolute atomic E-state index is 0.0982. The second-order valence-electron chi connectivity index (χ2n) is 6.81. The SMILES string of the molecule is O=C1NC(=O)C(c2cn3c4c(cccc24)CCC3)=C1c1ccc(F)cc1Cl. The normalized spacial score (nSPS) is 16.4. The van der Waals surface area contributed by atoms with Crippen LogP contribution in [0.15, 0.2) is 42.6 Å². The molecule has 2 aliphatic heterocycles. The van der Waals surface area contributed by atoms with E-state index in [2.05, 4.69) is 16.0 Å². The van der Waals surface area contributed by atoms with Gasteiger partial charge in [0.15, 0.2) is 0 Å².